The fourth-order valence-corrected chi connectivity index (χ4v) is 2.42. The maximum absolute atomic E-state index is 5.63. The summed E-state index contributed by atoms with van der Waals surface area (Å²) < 4.78 is 11.3. The molecular formula is C17H29NO2. The minimum atomic E-state index is 0.283. The number of hydrogen-bond acceptors (Lipinski definition) is 3. The van der Waals surface area contributed by atoms with Gasteiger partial charge in [0.05, 0.1) is 7.11 Å². The quantitative estimate of drug-likeness (QED) is 0.698. The summed E-state index contributed by atoms with van der Waals surface area (Å²) >= 11 is 0. The molecule has 0 radical (unpaired) electrons. The predicted octanol–water partition coefficient (Wildman–Crippen LogP) is 3.78. The van der Waals surface area contributed by atoms with Gasteiger partial charge in [0.1, 0.15) is 5.75 Å². The highest BCUT2D eigenvalue weighted by atomic mass is 16.5. The molecule has 1 N–H and O–H groups in total. The summed E-state index contributed by atoms with van der Waals surface area (Å²) in [6.45, 7) is 11.1. The normalized spacial score (nSPS) is 12.4. The zero-order chi connectivity index (χ0) is 15.0. The van der Waals surface area contributed by atoms with Crippen molar-refractivity contribution in [3.63, 3.8) is 0 Å². The van der Waals surface area contributed by atoms with E-state index in [1.807, 2.05) is 0 Å². The van der Waals surface area contributed by atoms with Crippen LogP contribution in [0.4, 0.5) is 0 Å². The first-order valence-electron chi connectivity index (χ1n) is 7.60. The van der Waals surface area contributed by atoms with Gasteiger partial charge in [0.15, 0.2) is 0 Å². The zero-order valence-electron chi connectivity index (χ0n) is 13.6. The summed E-state index contributed by atoms with van der Waals surface area (Å²) in [5.41, 5.74) is 3.73. The molecule has 0 aliphatic carbocycles. The van der Waals surface area contributed by atoms with Crippen molar-refractivity contribution in [1.29, 1.82) is 0 Å². The smallest absolute Gasteiger partial charge is 0.126 e. The average Bonchev–Trinajstić information content (AvgIpc) is 2.45. The largest absolute Gasteiger partial charge is 0.496 e. The maximum atomic E-state index is 5.63. The van der Waals surface area contributed by atoms with Crippen molar-refractivity contribution in [1.82, 2.24) is 5.32 Å². The second kappa shape index (κ2) is 8.98. The molecule has 114 valence electrons. The molecule has 1 atom stereocenters. The van der Waals surface area contributed by atoms with Gasteiger partial charge in [-0.25, -0.2) is 0 Å². The lowest BCUT2D eigenvalue weighted by atomic mass is 9.97. The Morgan fingerprint density at radius 2 is 1.90 bits per heavy atom. The number of nitrogens with one attached hydrogen (secondary N) is 1. The van der Waals surface area contributed by atoms with E-state index in [2.05, 4.69) is 45.1 Å². The van der Waals surface area contributed by atoms with Crippen molar-refractivity contribution in [2.45, 2.75) is 46.6 Å². The first kappa shape index (κ1) is 17.0. The molecular weight excluding hydrogens is 250 g/mol. The van der Waals surface area contributed by atoms with E-state index >= 15 is 0 Å². The van der Waals surface area contributed by atoms with Crippen molar-refractivity contribution < 1.29 is 9.47 Å². The van der Waals surface area contributed by atoms with Gasteiger partial charge in [-0.2, -0.15) is 0 Å². The molecule has 1 unspecified atom stereocenters. The van der Waals surface area contributed by atoms with Gasteiger partial charge in [0.25, 0.3) is 0 Å². The van der Waals surface area contributed by atoms with Crippen LogP contribution in [0.1, 0.15) is 49.4 Å². The first-order valence-corrected chi connectivity index (χ1v) is 7.60. The summed E-state index contributed by atoms with van der Waals surface area (Å²) in [7, 11) is 1.75. The third-order valence-corrected chi connectivity index (χ3v) is 3.64. The highest BCUT2D eigenvalue weighted by Crippen LogP contribution is 2.32. The van der Waals surface area contributed by atoms with Crippen LogP contribution in [-0.2, 0) is 4.74 Å². The SMILES string of the molecule is CCCOCCC(NCC)c1ccc(C)c(C)c1OC. The van der Waals surface area contributed by atoms with Gasteiger partial charge in [-0.1, -0.05) is 26.0 Å². The molecule has 0 amide bonds. The summed E-state index contributed by atoms with van der Waals surface area (Å²) in [4.78, 5) is 0. The Hall–Kier alpha value is -1.06. The maximum Gasteiger partial charge on any atom is 0.126 e. The van der Waals surface area contributed by atoms with Crippen LogP contribution >= 0.6 is 0 Å². The van der Waals surface area contributed by atoms with Gasteiger partial charge in [-0.15, -0.1) is 0 Å². The second-order valence-electron chi connectivity index (χ2n) is 5.14. The van der Waals surface area contributed by atoms with Gasteiger partial charge >= 0.3 is 0 Å². The van der Waals surface area contributed by atoms with Crippen LogP contribution in [0.3, 0.4) is 0 Å². The van der Waals surface area contributed by atoms with Crippen LogP contribution in [-0.4, -0.2) is 26.9 Å². The fraction of sp³-hybridized carbons (Fsp3) is 0.647. The number of hydrogen-bond donors (Lipinski definition) is 1. The third-order valence-electron chi connectivity index (χ3n) is 3.64. The van der Waals surface area contributed by atoms with E-state index in [9.17, 15) is 0 Å². The molecule has 0 fully saturated rings. The summed E-state index contributed by atoms with van der Waals surface area (Å²) in [5, 5.41) is 3.54. The summed E-state index contributed by atoms with van der Waals surface area (Å²) in [5.74, 6) is 1.01. The molecule has 20 heavy (non-hydrogen) atoms. The van der Waals surface area contributed by atoms with E-state index in [-0.39, 0.29) is 6.04 Å². The fourth-order valence-electron chi connectivity index (χ4n) is 2.42. The van der Waals surface area contributed by atoms with Crippen molar-refractivity contribution in [3.8, 4) is 5.75 Å². The Morgan fingerprint density at radius 1 is 1.15 bits per heavy atom. The number of aryl methyl sites for hydroxylation is 1. The van der Waals surface area contributed by atoms with Crippen LogP contribution in [0, 0.1) is 13.8 Å². The molecule has 0 aromatic heterocycles. The summed E-state index contributed by atoms with van der Waals surface area (Å²) in [6, 6.07) is 4.63. The molecule has 3 nitrogen and oxygen atoms in total. The second-order valence-corrected chi connectivity index (χ2v) is 5.14. The number of ether oxygens (including phenoxy) is 2. The molecule has 1 rings (SSSR count). The van der Waals surface area contributed by atoms with Crippen LogP contribution < -0.4 is 10.1 Å². The van der Waals surface area contributed by atoms with Crippen molar-refractivity contribution in [2.75, 3.05) is 26.9 Å². The predicted molar refractivity (Wildman–Crippen MR) is 84.6 cm³/mol. The van der Waals surface area contributed by atoms with E-state index in [0.717, 1.165) is 38.3 Å². The highest BCUT2D eigenvalue weighted by molar-refractivity contribution is 5.46. The molecule has 0 saturated carbocycles. The van der Waals surface area contributed by atoms with Crippen molar-refractivity contribution in [2.24, 2.45) is 0 Å². The molecule has 1 aromatic carbocycles. The lowest BCUT2D eigenvalue weighted by Gasteiger charge is -2.22. The lowest BCUT2D eigenvalue weighted by molar-refractivity contribution is 0.124. The zero-order valence-corrected chi connectivity index (χ0v) is 13.6. The molecule has 0 aliphatic heterocycles. The van der Waals surface area contributed by atoms with Crippen molar-refractivity contribution in [3.05, 3.63) is 28.8 Å². The number of rotatable bonds is 9. The van der Waals surface area contributed by atoms with Crippen LogP contribution in [0.2, 0.25) is 0 Å². The molecule has 0 spiro atoms. The van der Waals surface area contributed by atoms with Gasteiger partial charge in [0, 0.05) is 24.8 Å². The first-order chi connectivity index (χ1) is 9.65. The topological polar surface area (TPSA) is 30.5 Å². The molecule has 0 saturated heterocycles. The van der Waals surface area contributed by atoms with Gasteiger partial charge < -0.3 is 14.8 Å². The number of benzene rings is 1. The minimum absolute atomic E-state index is 0.283. The Morgan fingerprint density at radius 3 is 2.50 bits per heavy atom. The van der Waals surface area contributed by atoms with E-state index in [4.69, 9.17) is 9.47 Å². The highest BCUT2D eigenvalue weighted by Gasteiger charge is 2.17. The van der Waals surface area contributed by atoms with E-state index in [0.29, 0.717) is 0 Å². The van der Waals surface area contributed by atoms with Gasteiger partial charge in [-0.3, -0.25) is 0 Å². The number of methoxy groups -OCH3 is 1. The van der Waals surface area contributed by atoms with E-state index < -0.39 is 0 Å². The third kappa shape index (κ3) is 4.50. The Labute approximate surface area is 123 Å². The molecule has 1 aromatic rings. The molecule has 0 aliphatic rings. The monoisotopic (exact) mass is 279 g/mol. The molecule has 3 heteroatoms. The molecule has 0 bridgehead atoms. The lowest BCUT2D eigenvalue weighted by Crippen LogP contribution is -2.23. The van der Waals surface area contributed by atoms with Crippen LogP contribution in [0.15, 0.2) is 12.1 Å². The Bertz CT molecular complexity index is 404. The van der Waals surface area contributed by atoms with Gasteiger partial charge in [-0.05, 0) is 44.4 Å². The minimum Gasteiger partial charge on any atom is -0.496 e. The van der Waals surface area contributed by atoms with Gasteiger partial charge in [0.2, 0.25) is 0 Å². The van der Waals surface area contributed by atoms with E-state index in [1.54, 1.807) is 7.11 Å². The Kier molecular flexibility index (Phi) is 7.63. The average molecular weight is 279 g/mol. The van der Waals surface area contributed by atoms with Crippen molar-refractivity contribution >= 4 is 0 Å². The molecule has 0 heterocycles. The van der Waals surface area contributed by atoms with Crippen LogP contribution in [0.25, 0.3) is 0 Å². The standard InChI is InChI=1S/C17H29NO2/c1-6-11-20-12-10-16(18-7-2)15-9-8-13(3)14(4)17(15)19-5/h8-9,16,18H,6-7,10-12H2,1-5H3. The van der Waals surface area contributed by atoms with Crippen LogP contribution in [0.5, 0.6) is 5.75 Å². The van der Waals surface area contributed by atoms with E-state index in [1.165, 1.54) is 16.7 Å². The Balaban J connectivity index is 2.87. The summed E-state index contributed by atoms with van der Waals surface area (Å²) in [6.07, 6.45) is 2.03.